The van der Waals surface area contributed by atoms with Crippen LogP contribution in [0.1, 0.15) is 43.7 Å². The van der Waals surface area contributed by atoms with Crippen LogP contribution in [-0.2, 0) is 22.6 Å². The number of benzene rings is 1. The third-order valence-electron chi connectivity index (χ3n) is 5.61. The van der Waals surface area contributed by atoms with Crippen LogP contribution in [0, 0.1) is 5.92 Å². The lowest BCUT2D eigenvalue weighted by Gasteiger charge is -2.32. The van der Waals surface area contributed by atoms with Gasteiger partial charge in [0.15, 0.2) is 0 Å². The minimum absolute atomic E-state index is 0.0406. The molecule has 142 valence electrons. The van der Waals surface area contributed by atoms with Crippen molar-refractivity contribution in [1.29, 1.82) is 0 Å². The molecule has 1 N–H and O–H groups in total. The normalized spacial score (nSPS) is 20.5. The first-order chi connectivity index (χ1) is 12.7. The zero-order valence-corrected chi connectivity index (χ0v) is 15.9. The van der Waals surface area contributed by atoms with Gasteiger partial charge in [0.25, 0.3) is 0 Å². The van der Waals surface area contributed by atoms with E-state index in [4.69, 9.17) is 0 Å². The Labute approximate surface area is 156 Å². The van der Waals surface area contributed by atoms with Gasteiger partial charge >= 0.3 is 0 Å². The Morgan fingerprint density at radius 1 is 1.19 bits per heavy atom. The van der Waals surface area contributed by atoms with E-state index in [1.54, 1.807) is 0 Å². The largest absolute Gasteiger partial charge is 0.356 e. The number of nitrogens with one attached hydrogen (secondary N) is 1. The number of rotatable bonds is 6. The monoisotopic (exact) mass is 357 g/mol. The lowest BCUT2D eigenvalue weighted by molar-refractivity contribution is -0.135. The Hall–Kier alpha value is -1.88. The number of fused-ring (bicyclic) bond motifs is 1. The second kappa shape index (κ2) is 9.17. The molecule has 1 aromatic carbocycles. The van der Waals surface area contributed by atoms with Crippen LogP contribution in [-0.4, -0.2) is 54.3 Å². The molecule has 1 saturated heterocycles. The van der Waals surface area contributed by atoms with Crippen molar-refractivity contribution < 1.29 is 9.59 Å². The number of hydrogen-bond donors (Lipinski definition) is 1. The molecule has 5 nitrogen and oxygen atoms in total. The molecule has 0 aromatic heterocycles. The van der Waals surface area contributed by atoms with Crippen LogP contribution >= 0.6 is 0 Å². The molecule has 0 bridgehead atoms. The van der Waals surface area contributed by atoms with Crippen molar-refractivity contribution in [1.82, 2.24) is 15.1 Å². The third kappa shape index (κ3) is 4.85. The van der Waals surface area contributed by atoms with E-state index in [-0.39, 0.29) is 17.7 Å². The maximum Gasteiger partial charge on any atom is 0.224 e. The Kier molecular flexibility index (Phi) is 6.67. The zero-order chi connectivity index (χ0) is 18.4. The molecule has 2 aliphatic heterocycles. The summed E-state index contributed by atoms with van der Waals surface area (Å²) in [7, 11) is 0. The van der Waals surface area contributed by atoms with Crippen LogP contribution in [0.4, 0.5) is 0 Å². The summed E-state index contributed by atoms with van der Waals surface area (Å²) in [4.78, 5) is 28.6. The maximum atomic E-state index is 12.4. The van der Waals surface area contributed by atoms with Crippen molar-refractivity contribution in [2.45, 2.75) is 45.6 Å². The predicted octanol–water partition coefficient (Wildman–Crippen LogP) is 2.20. The number of carbonyl (C=O) groups excluding carboxylic acids is 2. The lowest BCUT2D eigenvalue weighted by Crippen LogP contribution is -2.45. The molecule has 1 aromatic rings. The van der Waals surface area contributed by atoms with Gasteiger partial charge in [-0.2, -0.15) is 0 Å². The van der Waals surface area contributed by atoms with Crippen molar-refractivity contribution in [3.05, 3.63) is 35.4 Å². The van der Waals surface area contributed by atoms with Gasteiger partial charge < -0.3 is 10.2 Å². The Morgan fingerprint density at radius 3 is 2.81 bits per heavy atom. The molecule has 5 heteroatoms. The molecule has 0 saturated carbocycles. The van der Waals surface area contributed by atoms with Crippen LogP contribution in [0.15, 0.2) is 24.3 Å². The zero-order valence-electron chi connectivity index (χ0n) is 15.9. The van der Waals surface area contributed by atoms with E-state index in [9.17, 15) is 9.59 Å². The molecule has 2 amide bonds. The van der Waals surface area contributed by atoms with Gasteiger partial charge in [0.2, 0.25) is 11.8 Å². The number of piperidine rings is 1. The smallest absolute Gasteiger partial charge is 0.224 e. The summed E-state index contributed by atoms with van der Waals surface area (Å²) in [5, 5.41) is 3.09. The van der Waals surface area contributed by atoms with E-state index in [2.05, 4.69) is 34.5 Å². The van der Waals surface area contributed by atoms with Gasteiger partial charge in [-0.15, -0.1) is 0 Å². The first-order valence-electron chi connectivity index (χ1n) is 10.0. The fraction of sp³-hybridized carbons (Fsp3) is 0.619. The van der Waals surface area contributed by atoms with Crippen molar-refractivity contribution in [3.8, 4) is 0 Å². The summed E-state index contributed by atoms with van der Waals surface area (Å²) in [5.41, 5.74) is 2.91. The molecule has 0 spiro atoms. The average Bonchev–Trinajstić information content (AvgIpc) is 2.70. The average molecular weight is 357 g/mol. The molecule has 2 heterocycles. The molecule has 0 radical (unpaired) electrons. The summed E-state index contributed by atoms with van der Waals surface area (Å²) < 4.78 is 0. The van der Waals surface area contributed by atoms with E-state index >= 15 is 0 Å². The Bertz CT molecular complexity index is 631. The molecule has 3 rings (SSSR count). The SMILES string of the molecule is CCC(=O)N1CCCC(C(=O)NCCCN2CCc3ccccc3C2)C1. The minimum Gasteiger partial charge on any atom is -0.356 e. The van der Waals surface area contributed by atoms with Crippen LogP contribution in [0.25, 0.3) is 0 Å². The van der Waals surface area contributed by atoms with Crippen molar-refractivity contribution in [2.75, 3.05) is 32.7 Å². The highest BCUT2D eigenvalue weighted by Gasteiger charge is 2.27. The summed E-state index contributed by atoms with van der Waals surface area (Å²) in [6.07, 6.45) is 4.43. The van der Waals surface area contributed by atoms with E-state index in [0.717, 1.165) is 58.4 Å². The molecular formula is C21H31N3O2. The highest BCUT2D eigenvalue weighted by molar-refractivity contribution is 5.81. The molecule has 2 aliphatic rings. The maximum absolute atomic E-state index is 12.4. The van der Waals surface area contributed by atoms with Gasteiger partial charge in [-0.1, -0.05) is 31.2 Å². The highest BCUT2D eigenvalue weighted by Crippen LogP contribution is 2.19. The summed E-state index contributed by atoms with van der Waals surface area (Å²) in [6, 6.07) is 8.67. The molecular weight excluding hydrogens is 326 g/mol. The molecule has 26 heavy (non-hydrogen) atoms. The number of amides is 2. The van der Waals surface area contributed by atoms with Crippen LogP contribution in [0.3, 0.4) is 0 Å². The second-order valence-corrected chi connectivity index (χ2v) is 7.47. The van der Waals surface area contributed by atoms with E-state index < -0.39 is 0 Å². The summed E-state index contributed by atoms with van der Waals surface area (Å²) in [6.45, 7) is 7.11. The van der Waals surface area contributed by atoms with Crippen molar-refractivity contribution >= 4 is 11.8 Å². The Morgan fingerprint density at radius 2 is 2.00 bits per heavy atom. The van der Waals surface area contributed by atoms with Gasteiger partial charge in [-0.3, -0.25) is 14.5 Å². The summed E-state index contributed by atoms with van der Waals surface area (Å²) >= 11 is 0. The molecule has 1 atom stereocenters. The van der Waals surface area contributed by atoms with Crippen molar-refractivity contribution in [3.63, 3.8) is 0 Å². The molecule has 1 unspecified atom stereocenters. The van der Waals surface area contributed by atoms with E-state index in [0.29, 0.717) is 13.0 Å². The predicted molar refractivity (Wildman–Crippen MR) is 103 cm³/mol. The van der Waals surface area contributed by atoms with E-state index in [1.165, 1.54) is 11.1 Å². The summed E-state index contributed by atoms with van der Waals surface area (Å²) in [5.74, 6) is 0.233. The van der Waals surface area contributed by atoms with Crippen LogP contribution in [0.5, 0.6) is 0 Å². The first kappa shape index (κ1) is 18.9. The van der Waals surface area contributed by atoms with Crippen molar-refractivity contribution in [2.24, 2.45) is 5.92 Å². The molecule has 1 fully saturated rings. The third-order valence-corrected chi connectivity index (χ3v) is 5.61. The fourth-order valence-electron chi connectivity index (χ4n) is 4.04. The Balaban J connectivity index is 1.36. The van der Waals surface area contributed by atoms with Gasteiger partial charge in [0, 0.05) is 45.7 Å². The second-order valence-electron chi connectivity index (χ2n) is 7.47. The van der Waals surface area contributed by atoms with Crippen LogP contribution < -0.4 is 5.32 Å². The topological polar surface area (TPSA) is 52.7 Å². The number of likely N-dealkylation sites (tertiary alicyclic amines) is 1. The van der Waals surface area contributed by atoms with Gasteiger partial charge in [-0.05, 0) is 36.8 Å². The first-order valence-corrected chi connectivity index (χ1v) is 10.0. The standard InChI is InChI=1S/C21H31N3O2/c1-2-20(25)24-13-5-9-19(16-24)21(26)22-11-6-12-23-14-10-17-7-3-4-8-18(17)15-23/h3-4,7-8,19H,2,5-6,9-16H2,1H3,(H,22,26). The van der Waals surface area contributed by atoms with E-state index in [1.807, 2.05) is 11.8 Å². The quantitative estimate of drug-likeness (QED) is 0.794. The fourth-order valence-corrected chi connectivity index (χ4v) is 4.04. The number of nitrogens with zero attached hydrogens (tertiary/aromatic N) is 2. The van der Waals surface area contributed by atoms with Crippen LogP contribution in [0.2, 0.25) is 0 Å². The molecule has 0 aliphatic carbocycles. The minimum atomic E-state index is -0.0406. The lowest BCUT2D eigenvalue weighted by atomic mass is 9.97. The number of hydrogen-bond acceptors (Lipinski definition) is 3. The van der Waals surface area contributed by atoms with Gasteiger partial charge in [0.1, 0.15) is 0 Å². The number of carbonyl (C=O) groups is 2. The van der Waals surface area contributed by atoms with Gasteiger partial charge in [0.05, 0.1) is 5.92 Å². The van der Waals surface area contributed by atoms with Gasteiger partial charge in [-0.25, -0.2) is 0 Å². The highest BCUT2D eigenvalue weighted by atomic mass is 16.2.